The van der Waals surface area contributed by atoms with E-state index in [2.05, 4.69) is 25.6 Å². The molecule has 122 valence electrons. The van der Waals surface area contributed by atoms with Crippen LogP contribution in [0.4, 0.5) is 0 Å². The highest BCUT2D eigenvalue weighted by Crippen LogP contribution is 2.25. The molecule has 0 atom stereocenters. The third-order valence-electron chi connectivity index (χ3n) is 3.51. The maximum absolute atomic E-state index is 12.3. The van der Waals surface area contributed by atoms with E-state index in [-0.39, 0.29) is 11.4 Å². The smallest absolute Gasteiger partial charge is 0.241 e. The average Bonchev–Trinajstić information content (AvgIpc) is 3.29. The highest BCUT2D eigenvalue weighted by Gasteiger charge is 2.27. The molecule has 1 aromatic rings. The Morgan fingerprint density at radius 1 is 1.50 bits per heavy atom. The molecule has 1 aliphatic carbocycles. The van der Waals surface area contributed by atoms with Gasteiger partial charge in [0.1, 0.15) is 0 Å². The summed E-state index contributed by atoms with van der Waals surface area (Å²) in [5, 5.41) is 0. The van der Waals surface area contributed by atoms with Gasteiger partial charge in [-0.1, -0.05) is 6.07 Å². The average molecular weight is 389 g/mol. The fourth-order valence-corrected chi connectivity index (χ4v) is 4.07. The molecule has 8 heteroatoms. The van der Waals surface area contributed by atoms with Crippen molar-refractivity contribution in [3.63, 3.8) is 0 Å². The Labute approximate surface area is 140 Å². The van der Waals surface area contributed by atoms with Crippen molar-refractivity contribution < 1.29 is 8.42 Å². The van der Waals surface area contributed by atoms with Crippen LogP contribution in [0.1, 0.15) is 18.4 Å². The van der Waals surface area contributed by atoms with E-state index < -0.39 is 10.0 Å². The lowest BCUT2D eigenvalue weighted by Crippen LogP contribution is -2.36. The summed E-state index contributed by atoms with van der Waals surface area (Å²) >= 11 is 3.27. The maximum Gasteiger partial charge on any atom is 0.241 e. The summed E-state index contributed by atoms with van der Waals surface area (Å²) in [6.45, 7) is 2.37. The molecule has 1 saturated carbocycles. The number of aliphatic imine (C=N–C) groups is 1. The molecule has 3 N–H and O–H groups in total. The molecule has 0 radical (unpaired) electrons. The summed E-state index contributed by atoms with van der Waals surface area (Å²) in [5.74, 6) is 0.457. The van der Waals surface area contributed by atoms with Gasteiger partial charge in [-0.2, -0.15) is 0 Å². The molecule has 0 aromatic heterocycles. The third-order valence-corrected chi connectivity index (χ3v) is 5.96. The summed E-state index contributed by atoms with van der Waals surface area (Å²) in [6.07, 6.45) is 2.28. The summed E-state index contributed by atoms with van der Waals surface area (Å²) in [4.78, 5) is 6.38. The van der Waals surface area contributed by atoms with Crippen molar-refractivity contribution in [3.05, 3.63) is 28.2 Å². The molecule has 6 nitrogen and oxygen atoms in total. The van der Waals surface area contributed by atoms with Gasteiger partial charge in [0.15, 0.2) is 5.96 Å². The monoisotopic (exact) mass is 388 g/mol. The van der Waals surface area contributed by atoms with Crippen molar-refractivity contribution in [1.29, 1.82) is 0 Å². The number of aryl methyl sites for hydroxylation is 1. The second-order valence-corrected chi connectivity index (χ2v) is 8.00. The summed E-state index contributed by atoms with van der Waals surface area (Å²) in [7, 11) is -1.65. The minimum atomic E-state index is -3.56. The van der Waals surface area contributed by atoms with Crippen molar-refractivity contribution in [3.8, 4) is 0 Å². The number of benzene rings is 1. The van der Waals surface area contributed by atoms with E-state index in [1.165, 1.54) is 0 Å². The van der Waals surface area contributed by atoms with Crippen LogP contribution < -0.4 is 10.5 Å². The van der Waals surface area contributed by atoms with Crippen LogP contribution in [0.5, 0.6) is 0 Å². The van der Waals surface area contributed by atoms with Crippen molar-refractivity contribution >= 4 is 31.9 Å². The van der Waals surface area contributed by atoms with Gasteiger partial charge in [-0.15, -0.1) is 0 Å². The highest BCUT2D eigenvalue weighted by molar-refractivity contribution is 9.10. The Kier molecular flexibility index (Phi) is 5.46. The first-order valence-electron chi connectivity index (χ1n) is 7.10. The molecule has 0 saturated heterocycles. The Bertz CT molecular complexity index is 671. The van der Waals surface area contributed by atoms with Crippen molar-refractivity contribution in [2.24, 2.45) is 10.7 Å². The van der Waals surface area contributed by atoms with Crippen LogP contribution in [0.25, 0.3) is 0 Å². The third kappa shape index (κ3) is 4.44. The minimum Gasteiger partial charge on any atom is -0.370 e. The van der Waals surface area contributed by atoms with Crippen molar-refractivity contribution in [2.45, 2.75) is 30.7 Å². The van der Waals surface area contributed by atoms with Gasteiger partial charge in [0.2, 0.25) is 10.0 Å². The van der Waals surface area contributed by atoms with E-state index in [0.29, 0.717) is 23.0 Å². The molecule has 1 aliphatic rings. The summed E-state index contributed by atoms with van der Waals surface area (Å²) in [6, 6.07) is 5.70. The summed E-state index contributed by atoms with van der Waals surface area (Å²) < 4.78 is 27.6. The number of guanidine groups is 1. The Balaban J connectivity index is 1.92. The van der Waals surface area contributed by atoms with Gasteiger partial charge in [-0.05, 0) is 53.4 Å². The fraction of sp³-hybridized carbons (Fsp3) is 0.500. The van der Waals surface area contributed by atoms with Crippen LogP contribution in [0.3, 0.4) is 0 Å². The van der Waals surface area contributed by atoms with Gasteiger partial charge < -0.3 is 10.6 Å². The number of sulfonamides is 1. The molecule has 0 spiro atoms. The molecule has 1 aromatic carbocycles. The van der Waals surface area contributed by atoms with Crippen LogP contribution in [0, 0.1) is 6.92 Å². The number of hydrogen-bond acceptors (Lipinski definition) is 3. The Hall–Kier alpha value is -1.12. The first-order valence-corrected chi connectivity index (χ1v) is 9.37. The predicted octanol–water partition coefficient (Wildman–Crippen LogP) is 1.44. The lowest BCUT2D eigenvalue weighted by atomic mass is 10.2. The zero-order valence-corrected chi connectivity index (χ0v) is 15.1. The zero-order chi connectivity index (χ0) is 16.3. The molecule has 1 fully saturated rings. The van der Waals surface area contributed by atoms with Gasteiger partial charge >= 0.3 is 0 Å². The van der Waals surface area contributed by atoms with Gasteiger partial charge in [-0.3, -0.25) is 4.99 Å². The van der Waals surface area contributed by atoms with E-state index in [9.17, 15) is 8.42 Å². The SMILES string of the molecule is Cc1ccc(Br)c(S(=O)(=O)NCCN=C(N)N(C)C2CC2)c1. The summed E-state index contributed by atoms with van der Waals surface area (Å²) in [5.41, 5.74) is 6.74. The number of nitrogens with two attached hydrogens (primary N) is 1. The molecule has 0 unspecified atom stereocenters. The zero-order valence-electron chi connectivity index (χ0n) is 12.7. The van der Waals surface area contributed by atoms with Crippen molar-refractivity contribution in [2.75, 3.05) is 20.1 Å². The molecule has 0 bridgehead atoms. The van der Waals surface area contributed by atoms with Gasteiger partial charge in [0, 0.05) is 24.1 Å². The Morgan fingerprint density at radius 2 is 2.18 bits per heavy atom. The molecular weight excluding hydrogens is 368 g/mol. The molecule has 0 amide bonds. The second kappa shape index (κ2) is 6.97. The van der Waals surface area contributed by atoms with Crippen LogP contribution in [-0.4, -0.2) is 45.5 Å². The second-order valence-electron chi connectivity index (χ2n) is 5.41. The van der Waals surface area contributed by atoms with E-state index in [1.54, 1.807) is 12.1 Å². The van der Waals surface area contributed by atoms with Crippen LogP contribution in [0.2, 0.25) is 0 Å². The van der Waals surface area contributed by atoms with E-state index >= 15 is 0 Å². The lowest BCUT2D eigenvalue weighted by Gasteiger charge is -2.16. The van der Waals surface area contributed by atoms with Gasteiger partial charge in [0.05, 0.1) is 11.4 Å². The normalized spacial score (nSPS) is 15.9. The molecule has 22 heavy (non-hydrogen) atoms. The molecular formula is C14H21BrN4O2S. The number of rotatable bonds is 6. The molecule has 2 rings (SSSR count). The van der Waals surface area contributed by atoms with Crippen molar-refractivity contribution in [1.82, 2.24) is 9.62 Å². The number of halogens is 1. The first kappa shape index (κ1) is 17.2. The van der Waals surface area contributed by atoms with Crippen LogP contribution >= 0.6 is 15.9 Å². The maximum atomic E-state index is 12.3. The standard InChI is InChI=1S/C14H21BrN4O2S/c1-10-3-6-12(15)13(9-10)22(20,21)18-8-7-17-14(16)19(2)11-4-5-11/h3,6,9,11,18H,4-5,7-8H2,1-2H3,(H2,16,17). The Morgan fingerprint density at radius 3 is 2.82 bits per heavy atom. The van der Waals surface area contributed by atoms with E-state index in [0.717, 1.165) is 18.4 Å². The fourth-order valence-electron chi connectivity index (χ4n) is 2.01. The topological polar surface area (TPSA) is 87.8 Å². The van der Waals surface area contributed by atoms with E-state index in [1.807, 2.05) is 24.9 Å². The minimum absolute atomic E-state index is 0.210. The quantitative estimate of drug-likeness (QED) is 0.438. The first-order chi connectivity index (χ1) is 10.3. The van der Waals surface area contributed by atoms with Crippen LogP contribution in [0.15, 0.2) is 32.6 Å². The van der Waals surface area contributed by atoms with Crippen LogP contribution in [-0.2, 0) is 10.0 Å². The van der Waals surface area contributed by atoms with E-state index in [4.69, 9.17) is 5.73 Å². The lowest BCUT2D eigenvalue weighted by molar-refractivity contribution is 0.487. The number of hydrogen-bond donors (Lipinski definition) is 2. The number of nitrogens with one attached hydrogen (secondary N) is 1. The van der Waals surface area contributed by atoms with Gasteiger partial charge in [-0.25, -0.2) is 13.1 Å². The highest BCUT2D eigenvalue weighted by atomic mass is 79.9. The number of nitrogens with zero attached hydrogens (tertiary/aromatic N) is 2. The predicted molar refractivity (Wildman–Crippen MR) is 91.3 cm³/mol. The molecule has 0 aliphatic heterocycles. The largest absolute Gasteiger partial charge is 0.370 e. The van der Waals surface area contributed by atoms with Gasteiger partial charge in [0.25, 0.3) is 0 Å². The molecule has 0 heterocycles.